The fraction of sp³-hybridized carbons (Fsp3) is 0.312. The van der Waals surface area contributed by atoms with Crippen LogP contribution in [0.3, 0.4) is 0 Å². The molecule has 120 valence electrons. The molecule has 5 nitrogen and oxygen atoms in total. The van der Waals surface area contributed by atoms with Crippen LogP contribution in [0.4, 0.5) is 5.13 Å². The number of amides is 1. The second-order valence-electron chi connectivity index (χ2n) is 5.18. The zero-order chi connectivity index (χ0) is 16.1. The SMILES string of the molecule is C=CCN1CC[C@@H](Sc2nnc(NCc3ccccc3)s2)C1=O. The zero-order valence-electron chi connectivity index (χ0n) is 12.6. The molecule has 0 radical (unpaired) electrons. The molecule has 0 spiro atoms. The number of aromatic nitrogens is 2. The van der Waals surface area contributed by atoms with Crippen molar-refractivity contribution in [1.82, 2.24) is 15.1 Å². The molecule has 3 rings (SSSR count). The molecule has 1 fully saturated rings. The molecule has 1 aromatic carbocycles. The Morgan fingerprint density at radius 3 is 3.00 bits per heavy atom. The first-order chi connectivity index (χ1) is 11.3. The maximum absolute atomic E-state index is 12.2. The summed E-state index contributed by atoms with van der Waals surface area (Å²) < 4.78 is 0.833. The Labute approximate surface area is 143 Å². The van der Waals surface area contributed by atoms with E-state index in [1.165, 1.54) is 28.7 Å². The van der Waals surface area contributed by atoms with Crippen molar-refractivity contribution in [3.63, 3.8) is 0 Å². The number of rotatable bonds is 7. The Morgan fingerprint density at radius 1 is 1.39 bits per heavy atom. The Kier molecular flexibility index (Phi) is 5.30. The molecule has 0 aliphatic carbocycles. The van der Waals surface area contributed by atoms with Crippen LogP contribution in [0.15, 0.2) is 47.3 Å². The van der Waals surface area contributed by atoms with E-state index in [4.69, 9.17) is 0 Å². The van der Waals surface area contributed by atoms with Crippen molar-refractivity contribution in [2.45, 2.75) is 22.6 Å². The zero-order valence-corrected chi connectivity index (χ0v) is 14.3. The van der Waals surface area contributed by atoms with E-state index >= 15 is 0 Å². The van der Waals surface area contributed by atoms with Crippen LogP contribution in [0.2, 0.25) is 0 Å². The Hall–Kier alpha value is -1.86. The summed E-state index contributed by atoms with van der Waals surface area (Å²) in [5, 5.41) is 12.3. The summed E-state index contributed by atoms with van der Waals surface area (Å²) in [6.45, 7) is 5.82. The van der Waals surface area contributed by atoms with Gasteiger partial charge in [-0.05, 0) is 12.0 Å². The van der Waals surface area contributed by atoms with Gasteiger partial charge >= 0.3 is 0 Å². The average Bonchev–Trinajstić information content (AvgIpc) is 3.16. The van der Waals surface area contributed by atoms with Gasteiger partial charge in [0, 0.05) is 19.6 Å². The smallest absolute Gasteiger partial charge is 0.236 e. The molecule has 7 heteroatoms. The quantitative estimate of drug-likeness (QED) is 0.781. The van der Waals surface area contributed by atoms with E-state index in [0.717, 1.165) is 29.0 Å². The molecule has 1 saturated heterocycles. The normalized spacial score (nSPS) is 17.5. The number of thioether (sulfide) groups is 1. The highest BCUT2D eigenvalue weighted by Gasteiger charge is 2.32. The van der Waals surface area contributed by atoms with E-state index in [1.54, 1.807) is 6.08 Å². The third-order valence-corrected chi connectivity index (χ3v) is 5.75. The van der Waals surface area contributed by atoms with Crippen molar-refractivity contribution in [1.29, 1.82) is 0 Å². The summed E-state index contributed by atoms with van der Waals surface area (Å²) in [6, 6.07) is 10.2. The lowest BCUT2D eigenvalue weighted by Crippen LogP contribution is -2.28. The van der Waals surface area contributed by atoms with Gasteiger partial charge in [0.25, 0.3) is 0 Å². The third-order valence-electron chi connectivity index (χ3n) is 3.53. The first-order valence-corrected chi connectivity index (χ1v) is 9.13. The van der Waals surface area contributed by atoms with Gasteiger partial charge in [-0.3, -0.25) is 4.79 Å². The fourth-order valence-corrected chi connectivity index (χ4v) is 4.44. The number of likely N-dealkylation sites (tertiary alicyclic amines) is 1. The maximum atomic E-state index is 12.2. The Bertz CT molecular complexity index is 674. The average molecular weight is 346 g/mol. The van der Waals surface area contributed by atoms with Crippen LogP contribution in [0.5, 0.6) is 0 Å². The maximum Gasteiger partial charge on any atom is 0.236 e. The number of nitrogens with one attached hydrogen (secondary N) is 1. The highest BCUT2D eigenvalue weighted by Crippen LogP contribution is 2.33. The van der Waals surface area contributed by atoms with Gasteiger partial charge in [0.1, 0.15) is 0 Å². The van der Waals surface area contributed by atoms with Crippen molar-refractivity contribution >= 4 is 34.1 Å². The molecule has 23 heavy (non-hydrogen) atoms. The Balaban J connectivity index is 1.53. The van der Waals surface area contributed by atoms with Crippen LogP contribution in [0.1, 0.15) is 12.0 Å². The molecular weight excluding hydrogens is 328 g/mol. The summed E-state index contributed by atoms with van der Waals surface area (Å²) in [7, 11) is 0. The standard InChI is InChI=1S/C16H18N4OS2/c1-2-9-20-10-8-13(14(20)21)22-16-19-18-15(23-16)17-11-12-6-4-3-5-7-12/h2-7,13H,1,8-11H2,(H,17,18)/t13-/m1/s1. The fourth-order valence-electron chi connectivity index (χ4n) is 2.38. The van der Waals surface area contributed by atoms with Crippen molar-refractivity contribution in [3.8, 4) is 0 Å². The van der Waals surface area contributed by atoms with Crippen molar-refractivity contribution in [2.24, 2.45) is 0 Å². The second-order valence-corrected chi connectivity index (χ2v) is 7.61. The van der Waals surface area contributed by atoms with E-state index < -0.39 is 0 Å². The van der Waals surface area contributed by atoms with Crippen LogP contribution >= 0.6 is 23.1 Å². The lowest BCUT2D eigenvalue weighted by atomic mass is 10.2. The van der Waals surface area contributed by atoms with Crippen LogP contribution in [0.25, 0.3) is 0 Å². The van der Waals surface area contributed by atoms with Crippen molar-refractivity contribution in [3.05, 3.63) is 48.6 Å². The second kappa shape index (κ2) is 7.61. The highest BCUT2D eigenvalue weighted by atomic mass is 32.2. The van der Waals surface area contributed by atoms with Gasteiger partial charge in [-0.25, -0.2) is 0 Å². The van der Waals surface area contributed by atoms with Crippen LogP contribution in [-0.2, 0) is 11.3 Å². The number of nitrogens with zero attached hydrogens (tertiary/aromatic N) is 3. The number of hydrogen-bond donors (Lipinski definition) is 1. The molecule has 1 aromatic heterocycles. The topological polar surface area (TPSA) is 58.1 Å². The molecule has 1 aliphatic rings. The first kappa shape index (κ1) is 16.0. The van der Waals surface area contributed by atoms with Gasteiger partial charge < -0.3 is 10.2 Å². The third kappa shape index (κ3) is 4.11. The lowest BCUT2D eigenvalue weighted by molar-refractivity contribution is -0.126. The van der Waals surface area contributed by atoms with Gasteiger partial charge in [0.15, 0.2) is 4.34 Å². The van der Waals surface area contributed by atoms with Gasteiger partial charge in [0.2, 0.25) is 11.0 Å². The van der Waals surface area contributed by atoms with E-state index in [2.05, 4.69) is 34.2 Å². The molecule has 1 N–H and O–H groups in total. The molecule has 1 aliphatic heterocycles. The minimum atomic E-state index is -0.0510. The molecule has 1 amide bonds. The molecule has 2 heterocycles. The predicted molar refractivity (Wildman–Crippen MR) is 94.7 cm³/mol. The summed E-state index contributed by atoms with van der Waals surface area (Å²) in [4.78, 5) is 14.0. The highest BCUT2D eigenvalue weighted by molar-refractivity contribution is 8.02. The minimum Gasteiger partial charge on any atom is -0.356 e. The predicted octanol–water partition coefficient (Wildman–Crippen LogP) is 3.03. The summed E-state index contributed by atoms with van der Waals surface area (Å²) in [6.07, 6.45) is 2.62. The van der Waals surface area contributed by atoms with Crippen LogP contribution in [0, 0.1) is 0 Å². The first-order valence-electron chi connectivity index (χ1n) is 7.44. The summed E-state index contributed by atoms with van der Waals surface area (Å²) in [5.41, 5.74) is 1.20. The number of anilines is 1. The minimum absolute atomic E-state index is 0.0510. The number of carbonyl (C=O) groups is 1. The van der Waals surface area contributed by atoms with E-state index in [-0.39, 0.29) is 11.2 Å². The molecule has 0 bridgehead atoms. The molecule has 2 aromatic rings. The van der Waals surface area contributed by atoms with Gasteiger partial charge in [-0.2, -0.15) is 0 Å². The van der Waals surface area contributed by atoms with E-state index in [0.29, 0.717) is 6.54 Å². The molecule has 1 atom stereocenters. The number of hydrogen-bond acceptors (Lipinski definition) is 6. The molecule has 0 unspecified atom stereocenters. The van der Waals surface area contributed by atoms with E-state index in [1.807, 2.05) is 23.1 Å². The molecular formula is C16H18N4OS2. The molecule has 0 saturated carbocycles. The van der Waals surface area contributed by atoms with Gasteiger partial charge in [-0.15, -0.1) is 16.8 Å². The van der Waals surface area contributed by atoms with Crippen molar-refractivity contribution in [2.75, 3.05) is 18.4 Å². The number of carbonyl (C=O) groups excluding carboxylic acids is 1. The summed E-state index contributed by atoms with van der Waals surface area (Å²) in [5.74, 6) is 0.170. The number of benzene rings is 1. The van der Waals surface area contributed by atoms with E-state index in [9.17, 15) is 4.79 Å². The summed E-state index contributed by atoms with van der Waals surface area (Å²) >= 11 is 3.01. The van der Waals surface area contributed by atoms with Crippen LogP contribution < -0.4 is 5.32 Å². The largest absolute Gasteiger partial charge is 0.356 e. The monoisotopic (exact) mass is 346 g/mol. The van der Waals surface area contributed by atoms with Gasteiger partial charge in [-0.1, -0.05) is 59.5 Å². The lowest BCUT2D eigenvalue weighted by Gasteiger charge is -2.12. The Morgan fingerprint density at radius 2 is 2.22 bits per heavy atom. The van der Waals surface area contributed by atoms with Crippen LogP contribution in [-0.4, -0.2) is 39.3 Å². The van der Waals surface area contributed by atoms with Gasteiger partial charge in [0.05, 0.1) is 5.25 Å². The van der Waals surface area contributed by atoms with Crippen molar-refractivity contribution < 1.29 is 4.79 Å².